The first-order valence-electron chi connectivity index (χ1n) is 4.70. The van der Waals surface area contributed by atoms with Crippen LogP contribution in [-0.2, 0) is 4.79 Å². The van der Waals surface area contributed by atoms with E-state index in [1.807, 2.05) is 19.9 Å². The fourth-order valence-electron chi connectivity index (χ4n) is 2.01. The summed E-state index contributed by atoms with van der Waals surface area (Å²) >= 11 is 0. The fourth-order valence-corrected chi connectivity index (χ4v) is 2.01. The van der Waals surface area contributed by atoms with Gasteiger partial charge in [-0.2, -0.15) is 0 Å². The molecule has 0 heterocycles. The smallest absolute Gasteiger partial charge is 0.145 e. The van der Waals surface area contributed by atoms with E-state index in [0.717, 1.165) is 12.8 Å². The summed E-state index contributed by atoms with van der Waals surface area (Å²) in [5, 5.41) is 0. The molecule has 12 heavy (non-hydrogen) atoms. The maximum absolute atomic E-state index is 11.8. The molecule has 0 aromatic heterocycles. The summed E-state index contributed by atoms with van der Waals surface area (Å²) in [6.07, 6.45) is 4.02. The van der Waals surface area contributed by atoms with E-state index in [9.17, 15) is 4.79 Å². The van der Waals surface area contributed by atoms with Gasteiger partial charge < -0.3 is 0 Å². The normalized spacial score (nSPS) is 42.8. The third-order valence-corrected chi connectivity index (χ3v) is 3.46. The van der Waals surface area contributed by atoms with Crippen molar-refractivity contribution in [3.05, 3.63) is 12.7 Å². The molecule has 1 heteroatoms. The highest BCUT2D eigenvalue weighted by molar-refractivity contribution is 5.89. The molecular formula is C11H18O. The quantitative estimate of drug-likeness (QED) is 0.547. The van der Waals surface area contributed by atoms with Gasteiger partial charge in [0.15, 0.2) is 0 Å². The van der Waals surface area contributed by atoms with Crippen molar-refractivity contribution < 1.29 is 4.79 Å². The minimum absolute atomic E-state index is 0.226. The average molecular weight is 166 g/mol. The lowest BCUT2D eigenvalue weighted by molar-refractivity contribution is -0.134. The Morgan fingerprint density at radius 2 is 2.08 bits per heavy atom. The van der Waals surface area contributed by atoms with Crippen molar-refractivity contribution in [2.75, 3.05) is 0 Å². The van der Waals surface area contributed by atoms with E-state index < -0.39 is 0 Å². The first-order valence-corrected chi connectivity index (χ1v) is 4.70. The molecule has 0 aromatic carbocycles. The Bertz CT molecular complexity index is 207. The molecule has 0 spiro atoms. The molecule has 1 aliphatic rings. The van der Waals surface area contributed by atoms with Crippen molar-refractivity contribution >= 4 is 5.78 Å². The molecule has 1 saturated carbocycles. The predicted octanol–water partition coefficient (Wildman–Crippen LogP) is 2.81. The maximum Gasteiger partial charge on any atom is 0.145 e. The van der Waals surface area contributed by atoms with Gasteiger partial charge in [-0.05, 0) is 25.7 Å². The molecule has 68 valence electrons. The predicted molar refractivity (Wildman–Crippen MR) is 50.9 cm³/mol. The van der Waals surface area contributed by atoms with Gasteiger partial charge in [-0.25, -0.2) is 0 Å². The van der Waals surface area contributed by atoms with Crippen LogP contribution in [-0.4, -0.2) is 5.78 Å². The summed E-state index contributed by atoms with van der Waals surface area (Å²) in [6, 6.07) is 0. The number of Topliss-reactive ketones (excluding diaryl/α,β-unsaturated/α-hetero) is 1. The van der Waals surface area contributed by atoms with Crippen LogP contribution in [0.2, 0.25) is 0 Å². The number of rotatable bonds is 1. The number of hydrogen-bond acceptors (Lipinski definition) is 1. The highest BCUT2D eigenvalue weighted by Crippen LogP contribution is 2.41. The van der Waals surface area contributed by atoms with E-state index in [1.165, 1.54) is 0 Å². The molecule has 1 rings (SSSR count). The first-order chi connectivity index (χ1) is 5.52. The summed E-state index contributed by atoms with van der Waals surface area (Å²) in [6.45, 7) is 9.96. The molecule has 1 nitrogen and oxygen atoms in total. The van der Waals surface area contributed by atoms with E-state index >= 15 is 0 Å². The zero-order valence-corrected chi connectivity index (χ0v) is 8.26. The molecule has 0 amide bonds. The fraction of sp³-hybridized carbons (Fsp3) is 0.727. The lowest BCUT2D eigenvalue weighted by Gasteiger charge is -2.38. The third-order valence-electron chi connectivity index (χ3n) is 3.46. The Labute approximate surface area is 74.9 Å². The van der Waals surface area contributed by atoms with Crippen LogP contribution in [0.25, 0.3) is 0 Å². The van der Waals surface area contributed by atoms with Crippen molar-refractivity contribution in [1.82, 2.24) is 0 Å². The second kappa shape index (κ2) is 3.04. The van der Waals surface area contributed by atoms with E-state index in [-0.39, 0.29) is 11.3 Å². The molecule has 0 aromatic rings. The van der Waals surface area contributed by atoms with Gasteiger partial charge in [-0.15, -0.1) is 6.58 Å². The van der Waals surface area contributed by atoms with Crippen molar-refractivity contribution in [2.45, 2.75) is 33.6 Å². The highest BCUT2D eigenvalue weighted by atomic mass is 16.1. The van der Waals surface area contributed by atoms with Crippen LogP contribution in [0.5, 0.6) is 0 Å². The molecule has 0 N–H and O–H groups in total. The highest BCUT2D eigenvalue weighted by Gasteiger charge is 2.41. The topological polar surface area (TPSA) is 17.1 Å². The summed E-state index contributed by atoms with van der Waals surface area (Å²) in [4.78, 5) is 11.8. The number of carbonyl (C=O) groups is 1. The summed E-state index contributed by atoms with van der Waals surface area (Å²) in [7, 11) is 0. The zero-order valence-electron chi connectivity index (χ0n) is 8.26. The molecule has 3 atom stereocenters. The first kappa shape index (κ1) is 9.50. The van der Waals surface area contributed by atoms with Gasteiger partial charge in [0.05, 0.1) is 0 Å². The SMILES string of the molecule is C=C[C@]1(C)C(=O)[C@H](C)CC[C@@H]1C. The number of carbonyl (C=O) groups excluding carboxylic acids is 1. The van der Waals surface area contributed by atoms with Crippen molar-refractivity contribution in [3.63, 3.8) is 0 Å². The van der Waals surface area contributed by atoms with Crippen LogP contribution in [0, 0.1) is 17.3 Å². The van der Waals surface area contributed by atoms with Gasteiger partial charge in [-0.3, -0.25) is 4.79 Å². The lowest BCUT2D eigenvalue weighted by atomic mass is 9.64. The second-order valence-corrected chi connectivity index (χ2v) is 4.23. The average Bonchev–Trinajstić information content (AvgIpc) is 2.08. The van der Waals surface area contributed by atoms with Gasteiger partial charge in [0, 0.05) is 11.3 Å². The molecular weight excluding hydrogens is 148 g/mol. The molecule has 0 radical (unpaired) electrons. The monoisotopic (exact) mass is 166 g/mol. The van der Waals surface area contributed by atoms with Crippen LogP contribution < -0.4 is 0 Å². The molecule has 0 bridgehead atoms. The zero-order chi connectivity index (χ0) is 9.35. The Kier molecular flexibility index (Phi) is 2.41. The Balaban J connectivity index is 2.93. The van der Waals surface area contributed by atoms with Crippen LogP contribution in [0.3, 0.4) is 0 Å². The van der Waals surface area contributed by atoms with Gasteiger partial charge in [-0.1, -0.05) is 19.9 Å². The second-order valence-electron chi connectivity index (χ2n) is 4.23. The summed E-state index contributed by atoms with van der Waals surface area (Å²) in [5.74, 6) is 1.05. The van der Waals surface area contributed by atoms with Crippen LogP contribution >= 0.6 is 0 Å². The standard InChI is InChI=1S/C11H18O/c1-5-11(4)9(3)7-6-8(2)10(11)12/h5,8-9H,1,6-7H2,2-4H3/t8-,9+,11+/m1/s1. The number of ketones is 1. The van der Waals surface area contributed by atoms with E-state index in [1.54, 1.807) is 0 Å². The van der Waals surface area contributed by atoms with E-state index in [2.05, 4.69) is 13.5 Å². The molecule has 0 saturated heterocycles. The maximum atomic E-state index is 11.8. The van der Waals surface area contributed by atoms with Gasteiger partial charge in [0.25, 0.3) is 0 Å². The van der Waals surface area contributed by atoms with Crippen LogP contribution in [0.15, 0.2) is 12.7 Å². The minimum atomic E-state index is -0.266. The van der Waals surface area contributed by atoms with Crippen molar-refractivity contribution in [1.29, 1.82) is 0 Å². The molecule has 0 unspecified atom stereocenters. The van der Waals surface area contributed by atoms with Crippen LogP contribution in [0.4, 0.5) is 0 Å². The molecule has 0 aliphatic heterocycles. The lowest BCUT2D eigenvalue weighted by Crippen LogP contribution is -2.40. The minimum Gasteiger partial charge on any atom is -0.298 e. The van der Waals surface area contributed by atoms with Crippen molar-refractivity contribution in [3.8, 4) is 0 Å². The van der Waals surface area contributed by atoms with Gasteiger partial charge in [0.2, 0.25) is 0 Å². The molecule has 1 aliphatic carbocycles. The summed E-state index contributed by atoms with van der Waals surface area (Å²) < 4.78 is 0. The van der Waals surface area contributed by atoms with Gasteiger partial charge >= 0.3 is 0 Å². The van der Waals surface area contributed by atoms with E-state index in [4.69, 9.17) is 0 Å². The summed E-state index contributed by atoms with van der Waals surface area (Å²) in [5.41, 5.74) is -0.266. The Hall–Kier alpha value is -0.590. The van der Waals surface area contributed by atoms with E-state index in [0.29, 0.717) is 11.7 Å². The Morgan fingerprint density at radius 3 is 2.50 bits per heavy atom. The third kappa shape index (κ3) is 1.21. The largest absolute Gasteiger partial charge is 0.298 e. The van der Waals surface area contributed by atoms with Gasteiger partial charge in [0.1, 0.15) is 5.78 Å². The Morgan fingerprint density at radius 1 is 1.50 bits per heavy atom. The van der Waals surface area contributed by atoms with Crippen molar-refractivity contribution in [2.24, 2.45) is 17.3 Å². The number of allylic oxidation sites excluding steroid dienone is 1. The molecule has 1 fully saturated rings. The van der Waals surface area contributed by atoms with Crippen LogP contribution in [0.1, 0.15) is 33.6 Å². The number of hydrogen-bond donors (Lipinski definition) is 0.